The molecule has 120 valence electrons. The number of rotatable bonds is 4. The predicted octanol–water partition coefficient (Wildman–Crippen LogP) is 2.74. The quantitative estimate of drug-likeness (QED) is 0.587. The van der Waals surface area contributed by atoms with E-state index in [2.05, 4.69) is 15.6 Å². The molecule has 24 heavy (non-hydrogen) atoms. The van der Waals surface area contributed by atoms with Crippen molar-refractivity contribution in [2.45, 2.75) is 6.92 Å². The van der Waals surface area contributed by atoms with Gasteiger partial charge in [0.15, 0.2) is 5.69 Å². The molecular formula is C16H13N5O3. The van der Waals surface area contributed by atoms with Crippen LogP contribution in [0, 0.1) is 17.0 Å². The number of nitro groups is 1. The Balaban J connectivity index is 1.80. The number of carbonyl (C=O) groups is 1. The summed E-state index contributed by atoms with van der Waals surface area (Å²) < 4.78 is 1.48. The van der Waals surface area contributed by atoms with Crippen molar-refractivity contribution < 1.29 is 9.72 Å². The van der Waals surface area contributed by atoms with Crippen LogP contribution < -0.4 is 5.32 Å². The molecule has 3 aromatic rings. The third kappa shape index (κ3) is 3.12. The fraction of sp³-hybridized carbons (Fsp3) is 0.0625. The zero-order chi connectivity index (χ0) is 17.1. The van der Waals surface area contributed by atoms with E-state index >= 15 is 0 Å². The van der Waals surface area contributed by atoms with Crippen molar-refractivity contribution in [1.29, 1.82) is 0 Å². The Hall–Kier alpha value is -3.55. The number of hydrogen-bond donors (Lipinski definition) is 1. The van der Waals surface area contributed by atoms with Crippen molar-refractivity contribution in [3.63, 3.8) is 0 Å². The molecule has 0 bridgehead atoms. The zero-order valence-electron chi connectivity index (χ0n) is 12.7. The zero-order valence-corrected chi connectivity index (χ0v) is 12.7. The molecule has 0 radical (unpaired) electrons. The number of nitrogens with one attached hydrogen (secondary N) is 1. The Morgan fingerprint density at radius 2 is 1.96 bits per heavy atom. The number of anilines is 1. The number of aryl methyl sites for hydroxylation is 1. The Labute approximate surface area is 136 Å². The van der Waals surface area contributed by atoms with Gasteiger partial charge in [0.1, 0.15) is 0 Å². The van der Waals surface area contributed by atoms with Gasteiger partial charge in [-0.1, -0.05) is 29.5 Å². The molecule has 1 heterocycles. The number of hydrogen-bond acceptors (Lipinski definition) is 5. The molecule has 0 fully saturated rings. The molecular weight excluding hydrogens is 310 g/mol. The van der Waals surface area contributed by atoms with Crippen molar-refractivity contribution in [2.75, 3.05) is 5.32 Å². The first-order valence-corrected chi connectivity index (χ1v) is 7.09. The molecule has 0 aliphatic carbocycles. The lowest BCUT2D eigenvalue weighted by molar-refractivity contribution is -0.385. The average molecular weight is 323 g/mol. The van der Waals surface area contributed by atoms with Gasteiger partial charge in [-0.25, -0.2) is 4.68 Å². The van der Waals surface area contributed by atoms with Gasteiger partial charge in [-0.2, -0.15) is 0 Å². The first kappa shape index (κ1) is 15.3. The summed E-state index contributed by atoms with van der Waals surface area (Å²) in [5, 5.41) is 21.3. The standard InChI is InChI=1S/C16H13N5O3/c1-11-7-8-12(9-15(11)21(23)24)17-16(22)14-10-20(19-18-14)13-5-3-2-4-6-13/h2-10H,1H3,(H,17,22). The highest BCUT2D eigenvalue weighted by Crippen LogP contribution is 2.22. The summed E-state index contributed by atoms with van der Waals surface area (Å²) in [4.78, 5) is 22.7. The van der Waals surface area contributed by atoms with E-state index in [4.69, 9.17) is 0 Å². The van der Waals surface area contributed by atoms with Gasteiger partial charge < -0.3 is 5.32 Å². The van der Waals surface area contributed by atoms with Gasteiger partial charge >= 0.3 is 0 Å². The predicted molar refractivity (Wildman–Crippen MR) is 87.1 cm³/mol. The van der Waals surface area contributed by atoms with Crippen molar-refractivity contribution in [2.24, 2.45) is 0 Å². The third-order valence-corrected chi connectivity index (χ3v) is 3.41. The van der Waals surface area contributed by atoms with Crippen LogP contribution >= 0.6 is 0 Å². The Morgan fingerprint density at radius 1 is 1.21 bits per heavy atom. The number of benzene rings is 2. The van der Waals surface area contributed by atoms with Crippen LogP contribution in [0.25, 0.3) is 5.69 Å². The van der Waals surface area contributed by atoms with E-state index in [0.717, 1.165) is 5.69 Å². The van der Waals surface area contributed by atoms with Gasteiger partial charge in [0, 0.05) is 17.3 Å². The molecule has 8 heteroatoms. The summed E-state index contributed by atoms with van der Waals surface area (Å²) in [7, 11) is 0. The first-order valence-electron chi connectivity index (χ1n) is 7.09. The molecule has 8 nitrogen and oxygen atoms in total. The van der Waals surface area contributed by atoms with Crippen LogP contribution in [0.15, 0.2) is 54.7 Å². The Morgan fingerprint density at radius 3 is 2.67 bits per heavy atom. The second-order valence-corrected chi connectivity index (χ2v) is 5.10. The van der Waals surface area contributed by atoms with Gasteiger partial charge in [0.2, 0.25) is 0 Å². The third-order valence-electron chi connectivity index (χ3n) is 3.41. The van der Waals surface area contributed by atoms with Gasteiger partial charge in [-0.15, -0.1) is 5.10 Å². The molecule has 1 N–H and O–H groups in total. The molecule has 0 atom stereocenters. The van der Waals surface area contributed by atoms with Crippen LogP contribution in [-0.2, 0) is 0 Å². The molecule has 1 aromatic heterocycles. The summed E-state index contributed by atoms with van der Waals surface area (Å²) in [5.74, 6) is -0.490. The summed E-state index contributed by atoms with van der Waals surface area (Å²) in [6, 6.07) is 13.7. The van der Waals surface area contributed by atoms with E-state index in [9.17, 15) is 14.9 Å². The lowest BCUT2D eigenvalue weighted by Gasteiger charge is -2.04. The summed E-state index contributed by atoms with van der Waals surface area (Å²) >= 11 is 0. The van der Waals surface area contributed by atoms with Crippen LogP contribution in [0.4, 0.5) is 11.4 Å². The number of para-hydroxylation sites is 1. The topological polar surface area (TPSA) is 103 Å². The highest BCUT2D eigenvalue weighted by atomic mass is 16.6. The smallest absolute Gasteiger partial charge is 0.277 e. The molecule has 0 aliphatic rings. The van der Waals surface area contributed by atoms with E-state index in [0.29, 0.717) is 11.3 Å². The monoisotopic (exact) mass is 323 g/mol. The summed E-state index contributed by atoms with van der Waals surface area (Å²) in [5.41, 5.74) is 1.68. The largest absolute Gasteiger partial charge is 0.320 e. The van der Waals surface area contributed by atoms with Gasteiger partial charge in [0.25, 0.3) is 11.6 Å². The van der Waals surface area contributed by atoms with Crippen molar-refractivity contribution in [1.82, 2.24) is 15.0 Å². The molecule has 0 unspecified atom stereocenters. The Kier molecular flexibility index (Phi) is 4.02. The molecule has 0 aliphatic heterocycles. The SMILES string of the molecule is Cc1ccc(NC(=O)c2cn(-c3ccccc3)nn2)cc1[N+](=O)[O-]. The Bertz CT molecular complexity index is 905. The fourth-order valence-corrected chi connectivity index (χ4v) is 2.15. The minimum atomic E-state index is -0.490. The van der Waals surface area contributed by atoms with E-state index in [1.165, 1.54) is 16.9 Å². The molecule has 0 spiro atoms. The van der Waals surface area contributed by atoms with Gasteiger partial charge in [-0.3, -0.25) is 14.9 Å². The molecule has 1 amide bonds. The minimum absolute atomic E-state index is 0.0549. The number of amides is 1. The maximum Gasteiger partial charge on any atom is 0.277 e. The molecule has 0 saturated heterocycles. The average Bonchev–Trinajstić information content (AvgIpc) is 3.07. The van der Waals surface area contributed by atoms with Crippen molar-refractivity contribution >= 4 is 17.3 Å². The number of nitrogens with zero attached hydrogens (tertiary/aromatic N) is 4. The van der Waals surface area contributed by atoms with Crippen LogP contribution in [0.3, 0.4) is 0 Å². The maximum atomic E-state index is 12.2. The second-order valence-electron chi connectivity index (χ2n) is 5.10. The lowest BCUT2D eigenvalue weighted by Crippen LogP contribution is -2.12. The van der Waals surface area contributed by atoms with E-state index in [1.54, 1.807) is 19.1 Å². The minimum Gasteiger partial charge on any atom is -0.320 e. The van der Waals surface area contributed by atoms with Crippen molar-refractivity contribution in [3.05, 3.63) is 76.1 Å². The molecule has 0 saturated carbocycles. The van der Waals surface area contributed by atoms with Crippen LogP contribution in [0.5, 0.6) is 0 Å². The fourth-order valence-electron chi connectivity index (χ4n) is 2.15. The summed E-state index contributed by atoms with van der Waals surface area (Å²) in [6.45, 7) is 1.63. The summed E-state index contributed by atoms with van der Waals surface area (Å²) in [6.07, 6.45) is 1.49. The van der Waals surface area contributed by atoms with E-state index < -0.39 is 10.8 Å². The molecule has 3 rings (SSSR count). The lowest BCUT2D eigenvalue weighted by atomic mass is 10.2. The number of nitro benzene ring substituents is 1. The maximum absolute atomic E-state index is 12.2. The second kappa shape index (κ2) is 6.29. The van der Waals surface area contributed by atoms with Crippen molar-refractivity contribution in [3.8, 4) is 5.69 Å². The van der Waals surface area contributed by atoms with Crippen LogP contribution in [-0.4, -0.2) is 25.8 Å². The van der Waals surface area contributed by atoms with Crippen LogP contribution in [0.2, 0.25) is 0 Å². The van der Waals surface area contributed by atoms with Gasteiger partial charge in [0.05, 0.1) is 16.8 Å². The molecule has 2 aromatic carbocycles. The van der Waals surface area contributed by atoms with E-state index in [1.807, 2.05) is 30.3 Å². The number of carbonyl (C=O) groups excluding carboxylic acids is 1. The highest BCUT2D eigenvalue weighted by Gasteiger charge is 2.15. The van der Waals surface area contributed by atoms with Crippen LogP contribution in [0.1, 0.15) is 16.1 Å². The van der Waals surface area contributed by atoms with Gasteiger partial charge in [-0.05, 0) is 25.1 Å². The van der Waals surface area contributed by atoms with E-state index in [-0.39, 0.29) is 11.4 Å². The first-order chi connectivity index (χ1) is 11.5. The number of aromatic nitrogens is 3. The normalized spacial score (nSPS) is 10.4. The highest BCUT2D eigenvalue weighted by molar-refractivity contribution is 6.02.